The molecule has 2 aliphatic heterocycles. The highest BCUT2D eigenvalue weighted by Gasteiger charge is 2.33. The first kappa shape index (κ1) is 22.6. The molecule has 1 saturated carbocycles. The fourth-order valence-corrected chi connectivity index (χ4v) is 6.52. The first-order valence-corrected chi connectivity index (χ1v) is 13.0. The highest BCUT2D eigenvalue weighted by molar-refractivity contribution is 5.99. The summed E-state index contributed by atoms with van der Waals surface area (Å²) in [6, 6.07) is 11.6. The topological polar surface area (TPSA) is 32.3 Å². The molecule has 3 nitrogen and oxygen atoms in total. The summed E-state index contributed by atoms with van der Waals surface area (Å²) >= 11 is 0. The first-order chi connectivity index (χ1) is 16.1. The number of carbonyl (C=O) groups excluding carboxylic acids is 1. The van der Waals surface area contributed by atoms with Gasteiger partial charge in [0.15, 0.2) is 0 Å². The van der Waals surface area contributed by atoms with Gasteiger partial charge in [-0.3, -0.25) is 4.79 Å². The molecule has 2 aromatic carbocycles. The molecule has 1 saturated heterocycles. The van der Waals surface area contributed by atoms with E-state index in [9.17, 15) is 9.18 Å². The number of nitrogens with zero attached hydrogens (tertiary/aromatic N) is 1. The van der Waals surface area contributed by atoms with Crippen LogP contribution in [0.2, 0.25) is 0 Å². The van der Waals surface area contributed by atoms with Gasteiger partial charge in [0.2, 0.25) is 0 Å². The van der Waals surface area contributed by atoms with Crippen LogP contribution in [-0.2, 0) is 13.0 Å². The Bertz CT molecular complexity index is 991. The van der Waals surface area contributed by atoms with E-state index in [2.05, 4.69) is 29.3 Å². The lowest BCUT2D eigenvalue weighted by Gasteiger charge is -2.32. The van der Waals surface area contributed by atoms with Gasteiger partial charge in [0, 0.05) is 18.7 Å². The van der Waals surface area contributed by atoms with E-state index in [1.165, 1.54) is 49.3 Å². The van der Waals surface area contributed by atoms with Crippen LogP contribution in [0.5, 0.6) is 0 Å². The third kappa shape index (κ3) is 5.01. The Morgan fingerprint density at radius 3 is 2.61 bits per heavy atom. The lowest BCUT2D eigenvalue weighted by atomic mass is 9.76. The maximum atomic E-state index is 13.9. The number of hydrogen-bond acceptors (Lipinski definition) is 2. The van der Waals surface area contributed by atoms with Crippen LogP contribution in [0.1, 0.15) is 83.5 Å². The van der Waals surface area contributed by atoms with Gasteiger partial charge in [-0.05, 0) is 104 Å². The number of hydrogen-bond donors (Lipinski definition) is 1. The second-order valence-corrected chi connectivity index (χ2v) is 10.6. The quantitative estimate of drug-likeness (QED) is 0.588. The SMILES string of the molecule is Cc1cc(C(Cc2cccc(F)c2)C2CCNCC2)cc2c1C(=O)N(CC1CCCCC1)C2. The van der Waals surface area contributed by atoms with Crippen molar-refractivity contribution in [2.24, 2.45) is 11.8 Å². The molecule has 0 aromatic heterocycles. The fraction of sp³-hybridized carbons (Fsp3) is 0.552. The average Bonchev–Trinajstić information content (AvgIpc) is 3.14. The molecule has 2 heterocycles. The van der Waals surface area contributed by atoms with Crippen LogP contribution in [0.25, 0.3) is 0 Å². The first-order valence-electron chi connectivity index (χ1n) is 13.0. The second kappa shape index (κ2) is 9.97. The Labute approximate surface area is 197 Å². The number of aryl methyl sites for hydroxylation is 1. The zero-order valence-corrected chi connectivity index (χ0v) is 19.9. The van der Waals surface area contributed by atoms with Crippen molar-refractivity contribution < 1.29 is 9.18 Å². The summed E-state index contributed by atoms with van der Waals surface area (Å²) in [6.07, 6.45) is 9.61. The summed E-state index contributed by atoms with van der Waals surface area (Å²) in [6.45, 7) is 5.84. The van der Waals surface area contributed by atoms with Crippen LogP contribution in [0.4, 0.5) is 4.39 Å². The summed E-state index contributed by atoms with van der Waals surface area (Å²) in [5, 5.41) is 3.49. The van der Waals surface area contributed by atoms with Gasteiger partial charge in [-0.1, -0.05) is 43.5 Å². The number of fused-ring (bicyclic) bond motifs is 1. The third-order valence-electron chi connectivity index (χ3n) is 8.23. The Morgan fingerprint density at radius 2 is 1.85 bits per heavy atom. The number of halogens is 1. The normalized spacial score (nSPS) is 20.8. The molecule has 1 aliphatic carbocycles. The molecule has 1 N–H and O–H groups in total. The summed E-state index contributed by atoms with van der Waals surface area (Å²) in [4.78, 5) is 15.4. The van der Waals surface area contributed by atoms with E-state index in [0.717, 1.165) is 62.1 Å². The maximum Gasteiger partial charge on any atom is 0.254 e. The monoisotopic (exact) mass is 448 g/mol. The Kier molecular flexibility index (Phi) is 6.82. The molecule has 33 heavy (non-hydrogen) atoms. The summed E-state index contributed by atoms with van der Waals surface area (Å²) < 4.78 is 13.9. The number of amides is 1. The highest BCUT2D eigenvalue weighted by Crippen LogP contribution is 2.38. The molecule has 1 unspecified atom stereocenters. The van der Waals surface area contributed by atoms with Crippen molar-refractivity contribution in [2.45, 2.75) is 70.8 Å². The van der Waals surface area contributed by atoms with Crippen LogP contribution < -0.4 is 5.32 Å². The van der Waals surface area contributed by atoms with E-state index in [0.29, 0.717) is 17.8 Å². The van der Waals surface area contributed by atoms with E-state index >= 15 is 0 Å². The van der Waals surface area contributed by atoms with Crippen molar-refractivity contribution in [1.82, 2.24) is 10.2 Å². The zero-order valence-electron chi connectivity index (χ0n) is 19.9. The Hall–Kier alpha value is -2.20. The zero-order chi connectivity index (χ0) is 22.8. The number of piperidine rings is 1. The summed E-state index contributed by atoms with van der Waals surface area (Å²) in [5.74, 6) is 1.64. The van der Waals surface area contributed by atoms with E-state index in [4.69, 9.17) is 0 Å². The van der Waals surface area contributed by atoms with Crippen LogP contribution >= 0.6 is 0 Å². The molecule has 176 valence electrons. The van der Waals surface area contributed by atoms with E-state index < -0.39 is 0 Å². The Morgan fingerprint density at radius 1 is 1.06 bits per heavy atom. The maximum absolute atomic E-state index is 13.9. The molecule has 0 spiro atoms. The number of carbonyl (C=O) groups is 1. The van der Waals surface area contributed by atoms with Crippen molar-refractivity contribution >= 4 is 5.91 Å². The molecular weight excluding hydrogens is 411 g/mol. The van der Waals surface area contributed by atoms with E-state index in [-0.39, 0.29) is 11.7 Å². The lowest BCUT2D eigenvalue weighted by molar-refractivity contribution is 0.0737. The van der Waals surface area contributed by atoms with E-state index in [1.807, 2.05) is 12.1 Å². The second-order valence-electron chi connectivity index (χ2n) is 10.6. The van der Waals surface area contributed by atoms with Crippen molar-refractivity contribution in [1.29, 1.82) is 0 Å². The highest BCUT2D eigenvalue weighted by atomic mass is 19.1. The van der Waals surface area contributed by atoms with Crippen molar-refractivity contribution in [3.8, 4) is 0 Å². The van der Waals surface area contributed by atoms with Gasteiger partial charge in [-0.25, -0.2) is 4.39 Å². The van der Waals surface area contributed by atoms with Gasteiger partial charge in [-0.15, -0.1) is 0 Å². The predicted octanol–water partition coefficient (Wildman–Crippen LogP) is 6.00. The van der Waals surface area contributed by atoms with Crippen molar-refractivity contribution in [2.75, 3.05) is 19.6 Å². The third-order valence-corrected chi connectivity index (χ3v) is 8.23. The minimum Gasteiger partial charge on any atom is -0.334 e. The number of nitrogens with one attached hydrogen (secondary N) is 1. The van der Waals surface area contributed by atoms with Gasteiger partial charge < -0.3 is 10.2 Å². The molecule has 1 amide bonds. The van der Waals surface area contributed by atoms with Gasteiger partial charge in [-0.2, -0.15) is 0 Å². The predicted molar refractivity (Wildman–Crippen MR) is 131 cm³/mol. The van der Waals surface area contributed by atoms with Crippen LogP contribution in [0.15, 0.2) is 36.4 Å². The number of rotatable bonds is 6. The smallest absolute Gasteiger partial charge is 0.254 e. The van der Waals surface area contributed by atoms with Gasteiger partial charge in [0.05, 0.1) is 0 Å². The molecule has 5 rings (SSSR count). The molecule has 0 radical (unpaired) electrons. The van der Waals surface area contributed by atoms with Gasteiger partial charge >= 0.3 is 0 Å². The Balaban J connectivity index is 1.41. The van der Waals surface area contributed by atoms with Crippen LogP contribution in [0, 0.1) is 24.6 Å². The minimum absolute atomic E-state index is 0.161. The average molecular weight is 449 g/mol. The molecule has 3 aliphatic rings. The number of benzene rings is 2. The van der Waals surface area contributed by atoms with Crippen LogP contribution in [0.3, 0.4) is 0 Å². The van der Waals surface area contributed by atoms with Crippen molar-refractivity contribution in [3.63, 3.8) is 0 Å². The molecular formula is C29H37FN2O. The molecule has 0 bridgehead atoms. The molecule has 2 fully saturated rings. The minimum atomic E-state index is -0.161. The van der Waals surface area contributed by atoms with Gasteiger partial charge in [0.25, 0.3) is 5.91 Å². The largest absolute Gasteiger partial charge is 0.334 e. The molecule has 1 atom stereocenters. The molecule has 4 heteroatoms. The van der Waals surface area contributed by atoms with E-state index in [1.54, 1.807) is 6.07 Å². The van der Waals surface area contributed by atoms with Gasteiger partial charge in [0.1, 0.15) is 5.82 Å². The van der Waals surface area contributed by atoms with Crippen molar-refractivity contribution in [3.05, 3.63) is 70.0 Å². The molecule has 2 aromatic rings. The summed E-state index contributed by atoms with van der Waals surface area (Å²) in [5.41, 5.74) is 5.63. The van der Waals surface area contributed by atoms with Crippen LogP contribution in [-0.4, -0.2) is 30.4 Å². The lowest BCUT2D eigenvalue weighted by Crippen LogP contribution is -2.31. The fourth-order valence-electron chi connectivity index (χ4n) is 6.52. The summed E-state index contributed by atoms with van der Waals surface area (Å²) in [7, 11) is 0. The standard InChI is InChI=1S/C29H37FN2O/c1-20-14-24(17-25-19-32(29(33)28(20)25)18-21-6-3-2-4-7-21)27(23-10-12-31-13-11-23)16-22-8-5-9-26(30)15-22/h5,8-9,14-15,17,21,23,27,31H,2-4,6-7,10-13,16,18-19H2,1H3.